The van der Waals surface area contributed by atoms with Crippen molar-refractivity contribution in [1.29, 1.82) is 0 Å². The standard InChI is InChI=1S/C26H28O6S2/c1-18-4-12-24(13-5-18)33(29,30)16-23(17-34(31,32)25-14-6-19(2)7-15-25)26(28)22-10-8-21(9-11-22)20(3)27/h4-8,10,12-15,23H,9,11,16-17H2,1-3H3. The lowest BCUT2D eigenvalue weighted by molar-refractivity contribution is -0.118. The van der Waals surface area contributed by atoms with E-state index in [4.69, 9.17) is 0 Å². The molecule has 0 atom stereocenters. The van der Waals surface area contributed by atoms with E-state index in [0.717, 1.165) is 11.1 Å². The van der Waals surface area contributed by atoms with Gasteiger partial charge in [-0.25, -0.2) is 16.8 Å². The number of ketones is 2. The zero-order chi connectivity index (χ0) is 25.1. The van der Waals surface area contributed by atoms with Gasteiger partial charge in [-0.1, -0.05) is 47.5 Å². The maximum atomic E-state index is 13.4. The van der Waals surface area contributed by atoms with Crippen LogP contribution in [0.25, 0.3) is 0 Å². The van der Waals surface area contributed by atoms with Crippen LogP contribution in [0.4, 0.5) is 0 Å². The summed E-state index contributed by atoms with van der Waals surface area (Å²) in [6.45, 7) is 5.10. The Balaban J connectivity index is 1.97. The molecule has 0 heterocycles. The highest BCUT2D eigenvalue weighted by molar-refractivity contribution is 7.92. The zero-order valence-electron chi connectivity index (χ0n) is 19.4. The number of carbonyl (C=O) groups is 2. The second-order valence-electron chi connectivity index (χ2n) is 8.69. The molecule has 0 bridgehead atoms. The third-order valence-electron chi connectivity index (χ3n) is 5.89. The highest BCUT2D eigenvalue weighted by atomic mass is 32.2. The number of carbonyl (C=O) groups excluding carboxylic acids is 2. The molecule has 0 N–H and O–H groups in total. The van der Waals surface area contributed by atoms with Crippen LogP contribution in [0, 0.1) is 19.8 Å². The molecule has 0 saturated heterocycles. The smallest absolute Gasteiger partial charge is 0.179 e. The number of allylic oxidation sites excluding steroid dienone is 4. The summed E-state index contributed by atoms with van der Waals surface area (Å²) in [5, 5.41) is 0. The van der Waals surface area contributed by atoms with E-state index >= 15 is 0 Å². The van der Waals surface area contributed by atoms with Gasteiger partial charge in [0.05, 0.1) is 27.2 Å². The second-order valence-corrected chi connectivity index (χ2v) is 12.8. The number of hydrogen-bond acceptors (Lipinski definition) is 6. The summed E-state index contributed by atoms with van der Waals surface area (Å²) in [6, 6.07) is 12.5. The molecule has 1 aliphatic rings. The molecule has 0 aliphatic heterocycles. The van der Waals surface area contributed by atoms with Gasteiger partial charge in [-0.2, -0.15) is 0 Å². The van der Waals surface area contributed by atoms with Crippen molar-refractivity contribution in [3.8, 4) is 0 Å². The van der Waals surface area contributed by atoms with Crippen LogP contribution in [0.15, 0.2) is 81.6 Å². The Morgan fingerprint density at radius 3 is 1.44 bits per heavy atom. The first kappa shape index (κ1) is 25.8. The van der Waals surface area contributed by atoms with Gasteiger partial charge in [0.25, 0.3) is 0 Å². The number of hydrogen-bond donors (Lipinski definition) is 0. The number of benzene rings is 2. The molecule has 2 aromatic rings. The molecule has 6 nitrogen and oxygen atoms in total. The molecule has 0 aromatic heterocycles. The fourth-order valence-corrected chi connectivity index (χ4v) is 7.04. The molecule has 34 heavy (non-hydrogen) atoms. The predicted octanol–water partition coefficient (Wildman–Crippen LogP) is 3.97. The third-order valence-corrected chi connectivity index (χ3v) is 9.55. The molecule has 0 spiro atoms. The number of sulfone groups is 2. The first-order chi connectivity index (χ1) is 15.9. The van der Waals surface area contributed by atoms with E-state index in [-0.39, 0.29) is 22.0 Å². The predicted molar refractivity (Wildman–Crippen MR) is 131 cm³/mol. The van der Waals surface area contributed by atoms with E-state index in [9.17, 15) is 26.4 Å². The lowest BCUT2D eigenvalue weighted by atomic mass is 9.90. The SMILES string of the molecule is CC(=O)C1=CC=C(C(=O)C(CS(=O)(=O)c2ccc(C)cc2)CS(=O)(=O)c2ccc(C)cc2)CC1. The van der Waals surface area contributed by atoms with E-state index < -0.39 is 42.9 Å². The van der Waals surface area contributed by atoms with Gasteiger partial charge in [0.15, 0.2) is 31.2 Å². The largest absolute Gasteiger partial charge is 0.295 e. The highest BCUT2D eigenvalue weighted by Crippen LogP contribution is 2.26. The van der Waals surface area contributed by atoms with Gasteiger partial charge in [0.1, 0.15) is 0 Å². The molecule has 8 heteroatoms. The van der Waals surface area contributed by atoms with E-state index in [1.807, 2.05) is 13.8 Å². The first-order valence-corrected chi connectivity index (χ1v) is 14.2. The van der Waals surface area contributed by atoms with Crippen molar-refractivity contribution in [1.82, 2.24) is 0 Å². The van der Waals surface area contributed by atoms with Gasteiger partial charge < -0.3 is 0 Å². The fourth-order valence-electron chi connectivity index (χ4n) is 3.81. The summed E-state index contributed by atoms with van der Waals surface area (Å²) in [5.41, 5.74) is 2.67. The van der Waals surface area contributed by atoms with Gasteiger partial charge in [-0.15, -0.1) is 0 Å². The fraction of sp³-hybridized carbons (Fsp3) is 0.308. The summed E-state index contributed by atoms with van der Waals surface area (Å²) in [6.07, 6.45) is 3.68. The van der Waals surface area contributed by atoms with Gasteiger partial charge in [-0.3, -0.25) is 9.59 Å². The Morgan fingerprint density at radius 2 is 1.09 bits per heavy atom. The lowest BCUT2D eigenvalue weighted by Crippen LogP contribution is -2.32. The van der Waals surface area contributed by atoms with Crippen molar-refractivity contribution >= 4 is 31.2 Å². The summed E-state index contributed by atoms with van der Waals surface area (Å²) in [7, 11) is -7.85. The average molecular weight is 501 g/mol. The number of Topliss-reactive ketones (excluding diaryl/α,β-unsaturated/α-hetero) is 2. The molecular weight excluding hydrogens is 472 g/mol. The minimum absolute atomic E-state index is 0.0417. The minimum Gasteiger partial charge on any atom is -0.295 e. The molecule has 2 aromatic carbocycles. The third kappa shape index (κ3) is 6.18. The van der Waals surface area contributed by atoms with Crippen LogP contribution in [0.2, 0.25) is 0 Å². The maximum absolute atomic E-state index is 13.4. The van der Waals surface area contributed by atoms with E-state index in [2.05, 4.69) is 0 Å². The molecule has 1 aliphatic carbocycles. The normalized spacial score (nSPS) is 14.5. The van der Waals surface area contributed by atoms with E-state index in [1.165, 1.54) is 37.3 Å². The van der Waals surface area contributed by atoms with Crippen molar-refractivity contribution in [2.45, 2.75) is 43.4 Å². The highest BCUT2D eigenvalue weighted by Gasteiger charge is 2.34. The first-order valence-electron chi connectivity index (χ1n) is 10.9. The zero-order valence-corrected chi connectivity index (χ0v) is 21.1. The minimum atomic E-state index is -3.93. The lowest BCUT2D eigenvalue weighted by Gasteiger charge is -2.20. The summed E-state index contributed by atoms with van der Waals surface area (Å²) < 4.78 is 52.5. The Morgan fingerprint density at radius 1 is 0.706 bits per heavy atom. The van der Waals surface area contributed by atoms with Crippen molar-refractivity contribution in [3.05, 3.63) is 83.0 Å². The Labute approximate surface area is 201 Å². The van der Waals surface area contributed by atoms with Crippen LogP contribution in [0.1, 0.15) is 30.9 Å². The van der Waals surface area contributed by atoms with Crippen LogP contribution in [-0.2, 0) is 29.3 Å². The maximum Gasteiger partial charge on any atom is 0.179 e. The van der Waals surface area contributed by atoms with Crippen LogP contribution in [-0.4, -0.2) is 39.9 Å². The molecule has 0 saturated carbocycles. The Bertz CT molecular complexity index is 1280. The molecule has 3 rings (SSSR count). The molecule has 0 fully saturated rings. The van der Waals surface area contributed by atoms with Crippen LogP contribution in [0.3, 0.4) is 0 Å². The van der Waals surface area contributed by atoms with Gasteiger partial charge >= 0.3 is 0 Å². The van der Waals surface area contributed by atoms with Gasteiger partial charge in [0, 0.05) is 0 Å². The number of rotatable bonds is 9. The molecular formula is C26H28O6S2. The molecule has 0 unspecified atom stereocenters. The summed E-state index contributed by atoms with van der Waals surface area (Å²) in [4.78, 5) is 25.1. The average Bonchev–Trinajstić information content (AvgIpc) is 2.78. The van der Waals surface area contributed by atoms with Crippen LogP contribution in [0.5, 0.6) is 0 Å². The Kier molecular flexibility index (Phi) is 7.73. The van der Waals surface area contributed by atoms with E-state index in [1.54, 1.807) is 30.3 Å². The number of aryl methyl sites for hydroxylation is 2. The van der Waals surface area contributed by atoms with Gasteiger partial charge in [0.2, 0.25) is 0 Å². The Hall–Kier alpha value is -2.84. The van der Waals surface area contributed by atoms with Gasteiger partial charge in [-0.05, 0) is 69.0 Å². The van der Waals surface area contributed by atoms with Crippen LogP contribution < -0.4 is 0 Å². The topological polar surface area (TPSA) is 102 Å². The van der Waals surface area contributed by atoms with Crippen LogP contribution >= 0.6 is 0 Å². The van der Waals surface area contributed by atoms with E-state index in [0.29, 0.717) is 17.6 Å². The summed E-state index contributed by atoms with van der Waals surface area (Å²) >= 11 is 0. The van der Waals surface area contributed by atoms with Crippen molar-refractivity contribution in [3.63, 3.8) is 0 Å². The van der Waals surface area contributed by atoms with Crippen molar-refractivity contribution < 1.29 is 26.4 Å². The van der Waals surface area contributed by atoms with Crippen molar-refractivity contribution in [2.75, 3.05) is 11.5 Å². The molecule has 180 valence electrons. The second kappa shape index (κ2) is 10.2. The van der Waals surface area contributed by atoms with Crippen molar-refractivity contribution in [2.24, 2.45) is 5.92 Å². The summed E-state index contributed by atoms with van der Waals surface area (Å²) in [5.74, 6) is -3.15. The molecule has 0 radical (unpaired) electrons. The quantitative estimate of drug-likeness (QED) is 0.516. The molecule has 0 amide bonds. The monoisotopic (exact) mass is 500 g/mol.